The Labute approximate surface area is 120 Å². The Morgan fingerprint density at radius 1 is 1.32 bits per heavy atom. The van der Waals surface area contributed by atoms with Gasteiger partial charge in [-0.1, -0.05) is 18.3 Å². The first-order valence-electron chi connectivity index (χ1n) is 7.04. The van der Waals surface area contributed by atoms with Gasteiger partial charge in [0.2, 0.25) is 5.88 Å². The van der Waals surface area contributed by atoms with E-state index in [-0.39, 0.29) is 0 Å². The normalized spacial score (nSPS) is 23.4. The highest BCUT2D eigenvalue weighted by molar-refractivity contribution is 7.15. The quantitative estimate of drug-likeness (QED) is 0.901. The monoisotopic (exact) mass is 283 g/mol. The Balaban J connectivity index is 1.91. The van der Waals surface area contributed by atoms with Gasteiger partial charge in [0.15, 0.2) is 5.13 Å². The standard InChI is InChI=1S/C14H25N3OS/c1-10-5-7-11(8-6-10)15-9-12-13(18-4)16-14(19-12)17(2)3/h10-11,15H,5-9H2,1-4H3. The molecular formula is C14H25N3OS. The number of methoxy groups -OCH3 is 1. The number of thiazole rings is 1. The molecule has 1 aliphatic rings. The maximum atomic E-state index is 5.37. The molecule has 1 aliphatic carbocycles. The third-order valence-electron chi connectivity index (χ3n) is 3.79. The summed E-state index contributed by atoms with van der Waals surface area (Å²) in [5.74, 6) is 1.67. The van der Waals surface area contributed by atoms with Crippen molar-refractivity contribution in [3.8, 4) is 5.88 Å². The van der Waals surface area contributed by atoms with E-state index in [0.717, 1.165) is 23.5 Å². The second-order valence-electron chi connectivity index (χ2n) is 5.66. The maximum absolute atomic E-state index is 5.37. The minimum atomic E-state index is 0.658. The fourth-order valence-electron chi connectivity index (χ4n) is 2.49. The van der Waals surface area contributed by atoms with Crippen LogP contribution in [0.15, 0.2) is 0 Å². The summed E-state index contributed by atoms with van der Waals surface area (Å²) in [6.07, 6.45) is 5.28. The summed E-state index contributed by atoms with van der Waals surface area (Å²) in [5.41, 5.74) is 0. The second kappa shape index (κ2) is 6.57. The van der Waals surface area contributed by atoms with Gasteiger partial charge < -0.3 is 15.0 Å². The number of nitrogens with one attached hydrogen (secondary N) is 1. The third-order valence-corrected chi connectivity index (χ3v) is 5.00. The molecule has 0 aliphatic heterocycles. The zero-order valence-corrected chi connectivity index (χ0v) is 13.2. The Morgan fingerprint density at radius 2 is 2.00 bits per heavy atom. The molecule has 1 aromatic rings. The fourth-order valence-corrected chi connectivity index (χ4v) is 3.39. The molecule has 19 heavy (non-hydrogen) atoms. The average Bonchev–Trinajstić information content (AvgIpc) is 2.81. The Kier molecular flexibility index (Phi) is 5.05. The van der Waals surface area contributed by atoms with E-state index in [2.05, 4.69) is 17.2 Å². The van der Waals surface area contributed by atoms with Gasteiger partial charge in [-0.2, -0.15) is 4.98 Å². The molecule has 0 aromatic carbocycles. The highest BCUT2D eigenvalue weighted by Crippen LogP contribution is 2.31. The molecule has 0 bridgehead atoms. The predicted molar refractivity (Wildman–Crippen MR) is 81.3 cm³/mol. The summed E-state index contributed by atoms with van der Waals surface area (Å²) in [4.78, 5) is 7.71. The largest absolute Gasteiger partial charge is 0.480 e. The number of aromatic nitrogens is 1. The maximum Gasteiger partial charge on any atom is 0.230 e. The Bertz CT molecular complexity index is 397. The highest BCUT2D eigenvalue weighted by Gasteiger charge is 2.19. The van der Waals surface area contributed by atoms with Crippen molar-refractivity contribution in [1.82, 2.24) is 10.3 Å². The second-order valence-corrected chi connectivity index (χ2v) is 6.72. The number of hydrogen-bond donors (Lipinski definition) is 1. The van der Waals surface area contributed by atoms with Gasteiger partial charge in [-0.25, -0.2) is 0 Å². The lowest BCUT2D eigenvalue weighted by Gasteiger charge is -2.26. The van der Waals surface area contributed by atoms with Crippen molar-refractivity contribution in [3.63, 3.8) is 0 Å². The van der Waals surface area contributed by atoms with Crippen molar-refractivity contribution >= 4 is 16.5 Å². The number of hydrogen-bond acceptors (Lipinski definition) is 5. The van der Waals surface area contributed by atoms with Gasteiger partial charge in [-0.3, -0.25) is 0 Å². The van der Waals surface area contributed by atoms with Crippen LogP contribution >= 0.6 is 11.3 Å². The van der Waals surface area contributed by atoms with Crippen LogP contribution < -0.4 is 15.0 Å². The third kappa shape index (κ3) is 3.83. The van der Waals surface area contributed by atoms with Crippen LogP contribution in [0.5, 0.6) is 5.88 Å². The van der Waals surface area contributed by atoms with E-state index < -0.39 is 0 Å². The minimum Gasteiger partial charge on any atom is -0.480 e. The molecule has 0 atom stereocenters. The summed E-state index contributed by atoms with van der Waals surface area (Å²) in [7, 11) is 5.72. The molecule has 5 heteroatoms. The molecule has 1 fully saturated rings. The van der Waals surface area contributed by atoms with Gasteiger partial charge >= 0.3 is 0 Å². The van der Waals surface area contributed by atoms with E-state index in [1.807, 2.05) is 19.0 Å². The lowest BCUT2D eigenvalue weighted by Crippen LogP contribution is -2.32. The number of ether oxygens (including phenoxy) is 1. The molecule has 0 saturated heterocycles. The van der Waals surface area contributed by atoms with E-state index in [9.17, 15) is 0 Å². The van der Waals surface area contributed by atoms with Crippen molar-refractivity contribution in [2.75, 3.05) is 26.1 Å². The van der Waals surface area contributed by atoms with Gasteiger partial charge in [-0.15, -0.1) is 0 Å². The minimum absolute atomic E-state index is 0.658. The van der Waals surface area contributed by atoms with Crippen LogP contribution in [0.2, 0.25) is 0 Å². The summed E-state index contributed by atoms with van der Waals surface area (Å²) in [5, 5.41) is 4.66. The van der Waals surface area contributed by atoms with E-state index >= 15 is 0 Å². The van der Waals surface area contributed by atoms with Crippen LogP contribution in [0.4, 0.5) is 5.13 Å². The number of nitrogens with zero attached hydrogens (tertiary/aromatic N) is 2. The molecule has 1 N–H and O–H groups in total. The molecule has 1 heterocycles. The molecule has 4 nitrogen and oxygen atoms in total. The molecule has 1 saturated carbocycles. The molecule has 2 rings (SSSR count). The topological polar surface area (TPSA) is 37.4 Å². The molecule has 0 unspecified atom stereocenters. The van der Waals surface area contributed by atoms with Gasteiger partial charge in [0.25, 0.3) is 0 Å². The Morgan fingerprint density at radius 3 is 2.58 bits per heavy atom. The van der Waals surface area contributed by atoms with Crippen molar-refractivity contribution < 1.29 is 4.74 Å². The predicted octanol–water partition coefficient (Wildman–Crippen LogP) is 2.89. The summed E-state index contributed by atoms with van der Waals surface area (Å²) in [6, 6.07) is 0.658. The molecule has 0 radical (unpaired) electrons. The zero-order chi connectivity index (χ0) is 13.8. The van der Waals surface area contributed by atoms with Crippen LogP contribution in [0.25, 0.3) is 0 Å². The van der Waals surface area contributed by atoms with Crippen molar-refractivity contribution in [1.29, 1.82) is 0 Å². The highest BCUT2D eigenvalue weighted by atomic mass is 32.1. The first-order valence-corrected chi connectivity index (χ1v) is 7.86. The first kappa shape index (κ1) is 14.6. The van der Waals surface area contributed by atoms with Crippen molar-refractivity contribution in [2.45, 2.75) is 45.2 Å². The van der Waals surface area contributed by atoms with Crippen LogP contribution in [0.1, 0.15) is 37.5 Å². The van der Waals surface area contributed by atoms with Crippen LogP contribution in [-0.2, 0) is 6.54 Å². The fraction of sp³-hybridized carbons (Fsp3) is 0.786. The van der Waals surface area contributed by atoms with E-state index in [4.69, 9.17) is 4.74 Å². The smallest absolute Gasteiger partial charge is 0.230 e. The van der Waals surface area contributed by atoms with Crippen LogP contribution in [0, 0.1) is 5.92 Å². The van der Waals surface area contributed by atoms with E-state index in [1.165, 1.54) is 30.6 Å². The number of rotatable bonds is 5. The number of anilines is 1. The van der Waals surface area contributed by atoms with Gasteiger partial charge in [0, 0.05) is 26.7 Å². The first-order chi connectivity index (χ1) is 9.10. The molecule has 108 valence electrons. The van der Waals surface area contributed by atoms with Crippen molar-refractivity contribution in [2.24, 2.45) is 5.92 Å². The van der Waals surface area contributed by atoms with E-state index in [1.54, 1.807) is 18.4 Å². The van der Waals surface area contributed by atoms with E-state index in [0.29, 0.717) is 6.04 Å². The summed E-state index contributed by atoms with van der Waals surface area (Å²) >= 11 is 1.71. The summed E-state index contributed by atoms with van der Waals surface area (Å²) in [6.45, 7) is 3.22. The van der Waals surface area contributed by atoms with Gasteiger partial charge in [0.1, 0.15) is 0 Å². The average molecular weight is 283 g/mol. The van der Waals surface area contributed by atoms with Gasteiger partial charge in [-0.05, 0) is 31.6 Å². The molecule has 0 spiro atoms. The SMILES string of the molecule is COc1nc(N(C)C)sc1CNC1CCC(C)CC1. The zero-order valence-electron chi connectivity index (χ0n) is 12.4. The Hall–Kier alpha value is -0.810. The van der Waals surface area contributed by atoms with Crippen molar-refractivity contribution in [3.05, 3.63) is 4.88 Å². The molecular weight excluding hydrogens is 258 g/mol. The van der Waals surface area contributed by atoms with Crippen LogP contribution in [0.3, 0.4) is 0 Å². The lowest BCUT2D eigenvalue weighted by molar-refractivity contribution is 0.305. The molecule has 1 aromatic heterocycles. The molecule has 0 amide bonds. The van der Waals surface area contributed by atoms with Gasteiger partial charge in [0.05, 0.1) is 12.0 Å². The lowest BCUT2D eigenvalue weighted by atomic mass is 9.87. The van der Waals surface area contributed by atoms with Crippen LogP contribution in [-0.4, -0.2) is 32.2 Å². The summed E-state index contributed by atoms with van der Waals surface area (Å²) < 4.78 is 5.37.